The molecular weight excluding hydrogens is 287 g/mol. The highest BCUT2D eigenvalue weighted by Gasteiger charge is 2.16. The molecule has 1 atom stereocenters. The average Bonchev–Trinajstić information content (AvgIpc) is 2.39. The van der Waals surface area contributed by atoms with Gasteiger partial charge in [-0.1, -0.05) is 36.5 Å². The summed E-state index contributed by atoms with van der Waals surface area (Å²) in [5.74, 6) is -0.406. The van der Waals surface area contributed by atoms with E-state index in [-0.39, 0.29) is 6.10 Å². The van der Waals surface area contributed by atoms with Crippen LogP contribution in [-0.4, -0.2) is 25.8 Å². The fourth-order valence-electron chi connectivity index (χ4n) is 1.64. The maximum absolute atomic E-state index is 12.0. The summed E-state index contributed by atoms with van der Waals surface area (Å²) < 4.78 is 10.5. The maximum atomic E-state index is 12.0. The zero-order valence-electron chi connectivity index (χ0n) is 11.1. The summed E-state index contributed by atoms with van der Waals surface area (Å²) >= 11 is 11.7. The SMILES string of the molecule is CCCCC(COC)OC(=O)c1ccc(Cl)c(Cl)c1. The number of esters is 1. The van der Waals surface area contributed by atoms with E-state index in [0.29, 0.717) is 22.2 Å². The summed E-state index contributed by atoms with van der Waals surface area (Å²) in [5, 5.41) is 0.755. The summed E-state index contributed by atoms with van der Waals surface area (Å²) in [6.45, 7) is 2.48. The van der Waals surface area contributed by atoms with Gasteiger partial charge >= 0.3 is 5.97 Å². The van der Waals surface area contributed by atoms with Gasteiger partial charge < -0.3 is 9.47 Å². The molecule has 0 aromatic heterocycles. The molecule has 0 fully saturated rings. The first-order valence-corrected chi connectivity index (χ1v) is 6.99. The molecule has 0 radical (unpaired) electrons. The minimum Gasteiger partial charge on any atom is -0.456 e. The standard InChI is InChI=1S/C14H18Cl2O3/c1-3-4-5-11(9-18-2)19-14(17)10-6-7-12(15)13(16)8-10/h6-8,11H,3-5,9H2,1-2H3. The molecule has 1 aromatic carbocycles. The van der Waals surface area contributed by atoms with E-state index >= 15 is 0 Å². The quantitative estimate of drug-likeness (QED) is 0.702. The van der Waals surface area contributed by atoms with E-state index in [1.165, 1.54) is 6.07 Å². The van der Waals surface area contributed by atoms with Crippen LogP contribution in [0.2, 0.25) is 10.0 Å². The molecule has 1 aromatic rings. The Balaban J connectivity index is 2.66. The van der Waals surface area contributed by atoms with Gasteiger partial charge in [-0.3, -0.25) is 0 Å². The Bertz CT molecular complexity index is 421. The Labute approximate surface area is 123 Å². The molecule has 0 heterocycles. The molecule has 0 saturated carbocycles. The minimum atomic E-state index is -0.406. The second-order valence-corrected chi connectivity index (χ2v) is 5.07. The lowest BCUT2D eigenvalue weighted by Crippen LogP contribution is -2.23. The van der Waals surface area contributed by atoms with E-state index in [1.54, 1.807) is 19.2 Å². The van der Waals surface area contributed by atoms with Crippen molar-refractivity contribution in [2.75, 3.05) is 13.7 Å². The van der Waals surface area contributed by atoms with Gasteiger partial charge in [0.25, 0.3) is 0 Å². The van der Waals surface area contributed by atoms with Crippen LogP contribution in [0.15, 0.2) is 18.2 Å². The molecule has 3 nitrogen and oxygen atoms in total. The highest BCUT2D eigenvalue weighted by Crippen LogP contribution is 2.23. The van der Waals surface area contributed by atoms with E-state index in [0.717, 1.165) is 19.3 Å². The third-order valence-corrected chi connectivity index (χ3v) is 3.40. The van der Waals surface area contributed by atoms with Crippen molar-refractivity contribution in [2.45, 2.75) is 32.3 Å². The molecule has 0 spiro atoms. The Morgan fingerprint density at radius 1 is 1.32 bits per heavy atom. The Morgan fingerprint density at radius 3 is 2.63 bits per heavy atom. The molecule has 0 aliphatic rings. The van der Waals surface area contributed by atoms with Gasteiger partial charge in [0.05, 0.1) is 22.2 Å². The summed E-state index contributed by atoms with van der Waals surface area (Å²) in [6.07, 6.45) is 2.59. The Hall–Kier alpha value is -0.770. The molecule has 106 valence electrons. The van der Waals surface area contributed by atoms with Crippen LogP contribution in [0.3, 0.4) is 0 Å². The van der Waals surface area contributed by atoms with Crippen molar-refractivity contribution in [3.63, 3.8) is 0 Å². The van der Waals surface area contributed by atoms with Crippen LogP contribution in [0, 0.1) is 0 Å². The van der Waals surface area contributed by atoms with Crippen molar-refractivity contribution in [1.82, 2.24) is 0 Å². The van der Waals surface area contributed by atoms with E-state index in [4.69, 9.17) is 32.7 Å². The molecule has 0 aliphatic heterocycles. The van der Waals surface area contributed by atoms with Gasteiger partial charge in [0.15, 0.2) is 0 Å². The summed E-state index contributed by atoms with van der Waals surface area (Å²) in [5.41, 5.74) is 0.395. The van der Waals surface area contributed by atoms with Gasteiger partial charge in [-0.05, 0) is 31.0 Å². The molecule has 1 unspecified atom stereocenters. The smallest absolute Gasteiger partial charge is 0.338 e. The van der Waals surface area contributed by atoms with Gasteiger partial charge in [0.1, 0.15) is 6.10 Å². The van der Waals surface area contributed by atoms with Crippen LogP contribution < -0.4 is 0 Å². The number of carbonyl (C=O) groups excluding carboxylic acids is 1. The first-order valence-electron chi connectivity index (χ1n) is 6.23. The highest BCUT2D eigenvalue weighted by atomic mass is 35.5. The molecule has 5 heteroatoms. The minimum absolute atomic E-state index is 0.230. The molecule has 0 aliphatic carbocycles. The lowest BCUT2D eigenvalue weighted by molar-refractivity contribution is 0.00252. The Morgan fingerprint density at radius 2 is 2.05 bits per heavy atom. The molecule has 0 bridgehead atoms. The van der Waals surface area contributed by atoms with Crippen LogP contribution in [0.25, 0.3) is 0 Å². The monoisotopic (exact) mass is 304 g/mol. The number of hydrogen-bond acceptors (Lipinski definition) is 3. The first-order chi connectivity index (χ1) is 9.08. The van der Waals surface area contributed by atoms with E-state index in [9.17, 15) is 4.79 Å². The molecule has 0 N–H and O–H groups in total. The lowest BCUT2D eigenvalue weighted by atomic mass is 10.1. The predicted octanol–water partition coefficient (Wildman–Crippen LogP) is 4.36. The molecule has 19 heavy (non-hydrogen) atoms. The topological polar surface area (TPSA) is 35.5 Å². The largest absolute Gasteiger partial charge is 0.456 e. The van der Waals surface area contributed by atoms with Gasteiger partial charge in [0.2, 0.25) is 0 Å². The van der Waals surface area contributed by atoms with Crippen LogP contribution >= 0.6 is 23.2 Å². The summed E-state index contributed by atoms with van der Waals surface area (Å²) in [7, 11) is 1.59. The van der Waals surface area contributed by atoms with Gasteiger partial charge in [0, 0.05) is 7.11 Å². The molecular formula is C14H18Cl2O3. The van der Waals surface area contributed by atoms with Crippen LogP contribution in [0.4, 0.5) is 0 Å². The predicted molar refractivity (Wildman–Crippen MR) is 77.1 cm³/mol. The van der Waals surface area contributed by atoms with Gasteiger partial charge in [-0.15, -0.1) is 0 Å². The lowest BCUT2D eigenvalue weighted by Gasteiger charge is -2.17. The van der Waals surface area contributed by atoms with Crippen LogP contribution in [0.5, 0.6) is 0 Å². The van der Waals surface area contributed by atoms with E-state index in [2.05, 4.69) is 6.92 Å². The van der Waals surface area contributed by atoms with Crippen molar-refractivity contribution in [1.29, 1.82) is 0 Å². The normalized spacial score (nSPS) is 12.2. The molecule has 1 rings (SSSR count). The maximum Gasteiger partial charge on any atom is 0.338 e. The number of ether oxygens (including phenoxy) is 2. The second-order valence-electron chi connectivity index (χ2n) is 4.25. The summed E-state index contributed by atoms with van der Waals surface area (Å²) in [4.78, 5) is 12.0. The van der Waals surface area contributed by atoms with E-state index < -0.39 is 5.97 Å². The fourth-order valence-corrected chi connectivity index (χ4v) is 1.93. The summed E-state index contributed by atoms with van der Waals surface area (Å²) in [6, 6.07) is 4.69. The van der Waals surface area contributed by atoms with Crippen LogP contribution in [0.1, 0.15) is 36.5 Å². The van der Waals surface area contributed by atoms with Crippen molar-refractivity contribution < 1.29 is 14.3 Å². The molecule has 0 saturated heterocycles. The number of unbranched alkanes of at least 4 members (excludes halogenated alkanes) is 1. The number of benzene rings is 1. The van der Waals surface area contributed by atoms with Crippen molar-refractivity contribution >= 4 is 29.2 Å². The third kappa shape index (κ3) is 5.39. The number of hydrogen-bond donors (Lipinski definition) is 0. The van der Waals surface area contributed by atoms with Crippen molar-refractivity contribution in [3.05, 3.63) is 33.8 Å². The third-order valence-electron chi connectivity index (χ3n) is 2.66. The van der Waals surface area contributed by atoms with Crippen molar-refractivity contribution in [2.24, 2.45) is 0 Å². The zero-order valence-corrected chi connectivity index (χ0v) is 12.6. The van der Waals surface area contributed by atoms with Crippen molar-refractivity contribution in [3.8, 4) is 0 Å². The van der Waals surface area contributed by atoms with Gasteiger partial charge in [-0.2, -0.15) is 0 Å². The highest BCUT2D eigenvalue weighted by molar-refractivity contribution is 6.42. The molecule has 0 amide bonds. The first kappa shape index (κ1) is 16.3. The average molecular weight is 305 g/mol. The van der Waals surface area contributed by atoms with Crippen LogP contribution in [-0.2, 0) is 9.47 Å². The second kappa shape index (κ2) is 8.41. The number of halogens is 2. The van der Waals surface area contributed by atoms with Gasteiger partial charge in [-0.25, -0.2) is 4.79 Å². The number of methoxy groups -OCH3 is 1. The zero-order chi connectivity index (χ0) is 14.3. The number of carbonyl (C=O) groups is 1. The Kier molecular flexibility index (Phi) is 7.21. The fraction of sp³-hybridized carbons (Fsp3) is 0.500. The number of rotatable bonds is 7. The van der Waals surface area contributed by atoms with E-state index in [1.807, 2.05) is 0 Å².